The maximum Gasteiger partial charge on any atom is 0.213 e. The van der Waals surface area contributed by atoms with Crippen LogP contribution in [0.25, 0.3) is 22.5 Å². The van der Waals surface area contributed by atoms with Gasteiger partial charge in [0.15, 0.2) is 5.16 Å². The van der Waals surface area contributed by atoms with Gasteiger partial charge < -0.3 is 4.57 Å². The lowest BCUT2D eigenvalue weighted by atomic mass is 10.1. The van der Waals surface area contributed by atoms with Crippen LogP contribution in [0.15, 0.2) is 47.8 Å². The Morgan fingerprint density at radius 1 is 1.05 bits per heavy atom. The average Bonchev–Trinajstić information content (AvgIpc) is 3.08. The normalized spacial score (nSPS) is 13.4. The highest BCUT2D eigenvalue weighted by atomic mass is 32.2. The Hall–Kier alpha value is -2.21. The summed E-state index contributed by atoms with van der Waals surface area (Å²) in [7, 11) is 0. The minimum absolute atomic E-state index is 0.290. The molecule has 0 unspecified atom stereocenters. The van der Waals surface area contributed by atoms with Gasteiger partial charge in [0.25, 0.3) is 0 Å². The van der Waals surface area contributed by atoms with Gasteiger partial charge in [0.1, 0.15) is 5.82 Å². The molecule has 3 aromatic rings. The minimum Gasteiger partial charge on any atom is -0.318 e. The molecular formula is C16H11F2N3S. The molecule has 3 nitrogen and oxygen atoms in total. The van der Waals surface area contributed by atoms with Crippen LogP contribution in [0, 0.1) is 11.8 Å². The Bertz CT molecular complexity index is 843. The predicted octanol–water partition coefficient (Wildman–Crippen LogP) is 4.00. The monoisotopic (exact) mass is 315 g/mol. The molecule has 0 spiro atoms. The van der Waals surface area contributed by atoms with E-state index in [9.17, 15) is 8.78 Å². The lowest BCUT2D eigenvalue weighted by Gasteiger charge is -2.08. The van der Waals surface area contributed by atoms with Crippen LogP contribution >= 0.6 is 11.8 Å². The van der Waals surface area contributed by atoms with Crippen molar-refractivity contribution in [1.29, 1.82) is 0 Å². The van der Waals surface area contributed by atoms with Crippen LogP contribution in [0.3, 0.4) is 0 Å². The maximum atomic E-state index is 13.5. The third-order valence-electron chi connectivity index (χ3n) is 3.60. The lowest BCUT2D eigenvalue weighted by Crippen LogP contribution is -1.98. The van der Waals surface area contributed by atoms with Crippen LogP contribution in [0.4, 0.5) is 8.78 Å². The standard InChI is InChI=1S/C16H11F2N3S/c17-12-3-1-10(2-4-12)14-15(11-5-6-19-13(18)9-11)21-7-8-22-16(21)20-14/h1-6,9H,7-8H2. The second-order valence-electron chi connectivity index (χ2n) is 4.97. The zero-order valence-corrected chi connectivity index (χ0v) is 12.3. The van der Waals surface area contributed by atoms with E-state index >= 15 is 0 Å². The largest absolute Gasteiger partial charge is 0.318 e. The molecule has 1 aliphatic heterocycles. The van der Waals surface area contributed by atoms with Crippen LogP contribution in [-0.4, -0.2) is 20.3 Å². The van der Waals surface area contributed by atoms with Crippen molar-refractivity contribution in [3.05, 3.63) is 54.4 Å². The van der Waals surface area contributed by atoms with Crippen molar-refractivity contribution in [1.82, 2.24) is 14.5 Å². The molecule has 2 aromatic heterocycles. The molecule has 0 aliphatic carbocycles. The first kappa shape index (κ1) is 13.5. The fourth-order valence-electron chi connectivity index (χ4n) is 2.63. The van der Waals surface area contributed by atoms with E-state index in [2.05, 4.69) is 14.5 Å². The van der Waals surface area contributed by atoms with E-state index in [4.69, 9.17) is 0 Å². The SMILES string of the molecule is Fc1ccc(-c2nc3n(c2-c2ccnc(F)c2)CCS3)cc1. The summed E-state index contributed by atoms with van der Waals surface area (Å²) in [5.74, 6) is 0.136. The van der Waals surface area contributed by atoms with Gasteiger partial charge in [0.2, 0.25) is 5.95 Å². The van der Waals surface area contributed by atoms with Crippen molar-refractivity contribution in [3.63, 3.8) is 0 Å². The van der Waals surface area contributed by atoms with Crippen molar-refractivity contribution in [3.8, 4) is 22.5 Å². The van der Waals surface area contributed by atoms with Gasteiger partial charge in [-0.15, -0.1) is 0 Å². The van der Waals surface area contributed by atoms with Crippen molar-refractivity contribution in [2.75, 3.05) is 5.75 Å². The fraction of sp³-hybridized carbons (Fsp3) is 0.125. The van der Waals surface area contributed by atoms with Crippen LogP contribution in [-0.2, 0) is 6.54 Å². The highest BCUT2D eigenvalue weighted by Crippen LogP contribution is 2.38. The van der Waals surface area contributed by atoms with E-state index in [1.807, 2.05) is 0 Å². The minimum atomic E-state index is -0.524. The lowest BCUT2D eigenvalue weighted by molar-refractivity contribution is 0.584. The van der Waals surface area contributed by atoms with E-state index in [1.165, 1.54) is 24.4 Å². The number of nitrogens with zero attached hydrogens (tertiary/aromatic N) is 3. The fourth-order valence-corrected chi connectivity index (χ4v) is 3.58. The molecule has 110 valence electrons. The van der Waals surface area contributed by atoms with Gasteiger partial charge >= 0.3 is 0 Å². The highest BCUT2D eigenvalue weighted by Gasteiger charge is 2.24. The number of halogens is 2. The van der Waals surface area contributed by atoms with Gasteiger partial charge in [0, 0.05) is 35.7 Å². The van der Waals surface area contributed by atoms with Gasteiger partial charge in [-0.3, -0.25) is 0 Å². The quantitative estimate of drug-likeness (QED) is 0.670. The molecule has 0 atom stereocenters. The Morgan fingerprint density at radius 2 is 1.86 bits per heavy atom. The Kier molecular flexibility index (Phi) is 3.18. The third-order valence-corrected chi connectivity index (χ3v) is 4.55. The highest BCUT2D eigenvalue weighted by molar-refractivity contribution is 7.99. The second-order valence-corrected chi connectivity index (χ2v) is 6.03. The first-order chi connectivity index (χ1) is 10.7. The molecular weight excluding hydrogens is 304 g/mol. The second kappa shape index (κ2) is 5.21. The molecule has 0 N–H and O–H groups in total. The molecule has 0 fully saturated rings. The van der Waals surface area contributed by atoms with Crippen LogP contribution in [0.2, 0.25) is 0 Å². The number of pyridine rings is 1. The Balaban J connectivity index is 1.94. The van der Waals surface area contributed by atoms with Crippen molar-refractivity contribution in [2.45, 2.75) is 11.7 Å². The van der Waals surface area contributed by atoms with E-state index in [-0.39, 0.29) is 5.82 Å². The molecule has 6 heteroatoms. The number of fused-ring (bicyclic) bond motifs is 1. The molecule has 0 bridgehead atoms. The first-order valence-electron chi connectivity index (χ1n) is 6.83. The topological polar surface area (TPSA) is 30.7 Å². The number of hydrogen-bond donors (Lipinski definition) is 0. The van der Waals surface area contributed by atoms with Gasteiger partial charge in [-0.2, -0.15) is 4.39 Å². The summed E-state index contributed by atoms with van der Waals surface area (Å²) in [6.45, 7) is 0.827. The van der Waals surface area contributed by atoms with Crippen LogP contribution in [0.5, 0.6) is 0 Å². The number of aromatic nitrogens is 3. The van der Waals surface area contributed by atoms with Crippen LogP contribution in [0.1, 0.15) is 0 Å². The van der Waals surface area contributed by atoms with Gasteiger partial charge in [0.05, 0.1) is 11.4 Å². The molecule has 1 aliphatic rings. The molecule has 0 radical (unpaired) electrons. The van der Waals surface area contributed by atoms with Crippen molar-refractivity contribution >= 4 is 11.8 Å². The number of thioether (sulfide) groups is 1. The Morgan fingerprint density at radius 3 is 2.64 bits per heavy atom. The van der Waals surface area contributed by atoms with E-state index < -0.39 is 5.95 Å². The van der Waals surface area contributed by atoms with Crippen molar-refractivity contribution < 1.29 is 8.78 Å². The maximum absolute atomic E-state index is 13.5. The van der Waals surface area contributed by atoms with Gasteiger partial charge in [-0.25, -0.2) is 14.4 Å². The number of imidazole rings is 1. The summed E-state index contributed by atoms with van der Waals surface area (Å²) in [6.07, 6.45) is 1.45. The van der Waals surface area contributed by atoms with Crippen LogP contribution < -0.4 is 0 Å². The number of rotatable bonds is 2. The zero-order valence-electron chi connectivity index (χ0n) is 11.5. The summed E-state index contributed by atoms with van der Waals surface area (Å²) in [5, 5.41) is 0.909. The third kappa shape index (κ3) is 2.20. The smallest absolute Gasteiger partial charge is 0.213 e. The summed E-state index contributed by atoms with van der Waals surface area (Å²) in [5.41, 5.74) is 3.14. The summed E-state index contributed by atoms with van der Waals surface area (Å²) >= 11 is 1.67. The average molecular weight is 315 g/mol. The molecule has 3 heterocycles. The molecule has 0 saturated carbocycles. The molecule has 4 rings (SSSR count). The molecule has 0 amide bonds. The predicted molar refractivity (Wildman–Crippen MR) is 81.5 cm³/mol. The first-order valence-corrected chi connectivity index (χ1v) is 7.82. The number of benzene rings is 1. The summed E-state index contributed by atoms with van der Waals surface area (Å²) < 4.78 is 28.7. The van der Waals surface area contributed by atoms with E-state index in [0.717, 1.165) is 40.0 Å². The molecule has 1 aromatic carbocycles. The summed E-state index contributed by atoms with van der Waals surface area (Å²) in [6, 6.07) is 9.37. The molecule has 22 heavy (non-hydrogen) atoms. The Labute approximate surface area is 130 Å². The van der Waals surface area contributed by atoms with E-state index in [1.54, 1.807) is 30.0 Å². The van der Waals surface area contributed by atoms with Gasteiger partial charge in [-0.05, 0) is 30.3 Å². The summed E-state index contributed by atoms with van der Waals surface area (Å²) in [4.78, 5) is 8.26. The number of hydrogen-bond acceptors (Lipinski definition) is 3. The van der Waals surface area contributed by atoms with E-state index in [0.29, 0.717) is 0 Å². The zero-order chi connectivity index (χ0) is 15.1. The molecule has 0 saturated heterocycles. The van der Waals surface area contributed by atoms with Crippen molar-refractivity contribution in [2.24, 2.45) is 0 Å². The van der Waals surface area contributed by atoms with Gasteiger partial charge in [-0.1, -0.05) is 11.8 Å².